The van der Waals surface area contributed by atoms with Crippen molar-refractivity contribution in [3.8, 4) is 16.3 Å². The van der Waals surface area contributed by atoms with Crippen molar-refractivity contribution in [3.63, 3.8) is 0 Å². The molecule has 6 heteroatoms. The third kappa shape index (κ3) is 4.03. The van der Waals surface area contributed by atoms with Gasteiger partial charge in [0.2, 0.25) is 0 Å². The molecule has 0 saturated heterocycles. The van der Waals surface area contributed by atoms with Crippen LogP contribution in [0.25, 0.3) is 10.6 Å². The van der Waals surface area contributed by atoms with Gasteiger partial charge in [-0.25, -0.2) is 4.98 Å². The number of aryl methyl sites for hydroxylation is 1. The lowest BCUT2D eigenvalue weighted by molar-refractivity contribution is 0.102. The quantitative estimate of drug-likeness (QED) is 0.446. The molecule has 4 rings (SSSR count). The van der Waals surface area contributed by atoms with E-state index in [4.69, 9.17) is 9.72 Å². The van der Waals surface area contributed by atoms with Crippen molar-refractivity contribution in [3.05, 3.63) is 58.4 Å². The molecule has 1 aliphatic rings. The Kier molecular flexibility index (Phi) is 5.60. The zero-order chi connectivity index (χ0) is 19.7. The first-order valence-electron chi connectivity index (χ1n) is 9.45. The van der Waals surface area contributed by atoms with Crippen LogP contribution in [-0.2, 0) is 5.75 Å². The van der Waals surface area contributed by atoms with Crippen LogP contribution in [0.3, 0.4) is 0 Å². The largest absolute Gasteiger partial charge is 0.497 e. The van der Waals surface area contributed by atoms with E-state index in [1.165, 1.54) is 18.5 Å². The average molecular weight is 413 g/mol. The lowest BCUT2D eigenvalue weighted by atomic mass is 10.2. The molecule has 0 spiro atoms. The molecule has 0 bridgehead atoms. The number of carbonyl (C=O) groups is 1. The zero-order valence-electron chi connectivity index (χ0n) is 16.4. The second-order valence-electron chi connectivity index (χ2n) is 7.17. The summed E-state index contributed by atoms with van der Waals surface area (Å²) in [6.07, 6.45) is 2.47. The molecule has 3 aromatic rings. The zero-order valence-corrected chi connectivity index (χ0v) is 18.0. The molecular formula is C22H24N2O2S2. The second-order valence-corrected chi connectivity index (χ2v) is 9.02. The monoisotopic (exact) mass is 412 g/mol. The Bertz CT molecular complexity index is 985. The van der Waals surface area contributed by atoms with E-state index in [2.05, 4.69) is 29.9 Å². The molecule has 0 radical (unpaired) electrons. The third-order valence-corrected chi connectivity index (χ3v) is 6.97. The third-order valence-electron chi connectivity index (χ3n) is 5.07. The summed E-state index contributed by atoms with van der Waals surface area (Å²) < 4.78 is 7.53. The molecule has 0 aliphatic heterocycles. The average Bonchev–Trinajstić information content (AvgIpc) is 3.34. The van der Waals surface area contributed by atoms with Crippen LogP contribution >= 0.6 is 23.1 Å². The lowest BCUT2D eigenvalue weighted by Crippen LogP contribution is -2.06. The standard InChI is InChI=1S/C22H24N2O2S2/c1-14-10-20(15(2)24(14)18-6-7-18)21(25)13-27-11-17-12-28-22(23-17)16-4-8-19(26-3)9-5-16/h4-5,8-10,12,18H,6-7,11,13H2,1-3H3. The van der Waals surface area contributed by atoms with E-state index >= 15 is 0 Å². The smallest absolute Gasteiger partial charge is 0.174 e. The van der Waals surface area contributed by atoms with Gasteiger partial charge in [0, 0.05) is 39.7 Å². The molecular weight excluding hydrogens is 388 g/mol. The first-order chi connectivity index (χ1) is 13.6. The summed E-state index contributed by atoms with van der Waals surface area (Å²) in [5.74, 6) is 2.30. The number of nitrogens with zero attached hydrogens (tertiary/aromatic N) is 2. The van der Waals surface area contributed by atoms with Crippen molar-refractivity contribution in [2.24, 2.45) is 0 Å². The molecule has 1 aliphatic carbocycles. The minimum absolute atomic E-state index is 0.218. The summed E-state index contributed by atoms with van der Waals surface area (Å²) in [5, 5.41) is 3.08. The predicted molar refractivity (Wildman–Crippen MR) is 117 cm³/mol. The van der Waals surface area contributed by atoms with Gasteiger partial charge in [-0.15, -0.1) is 23.1 Å². The van der Waals surface area contributed by atoms with E-state index in [0.29, 0.717) is 11.8 Å². The van der Waals surface area contributed by atoms with Crippen molar-refractivity contribution in [2.75, 3.05) is 12.9 Å². The number of rotatable bonds is 8. The fourth-order valence-corrected chi connectivity index (χ4v) is 5.25. The maximum atomic E-state index is 12.7. The topological polar surface area (TPSA) is 44.1 Å². The van der Waals surface area contributed by atoms with E-state index in [9.17, 15) is 4.79 Å². The molecule has 1 fully saturated rings. The Morgan fingerprint density at radius 3 is 2.71 bits per heavy atom. The molecule has 2 aromatic heterocycles. The summed E-state index contributed by atoms with van der Waals surface area (Å²) in [7, 11) is 1.67. The minimum atomic E-state index is 0.218. The van der Waals surface area contributed by atoms with Crippen molar-refractivity contribution < 1.29 is 9.53 Å². The number of hydrogen-bond donors (Lipinski definition) is 0. The molecule has 4 nitrogen and oxygen atoms in total. The van der Waals surface area contributed by atoms with Crippen molar-refractivity contribution in [1.29, 1.82) is 0 Å². The highest BCUT2D eigenvalue weighted by Gasteiger charge is 2.28. The molecule has 1 saturated carbocycles. The van der Waals surface area contributed by atoms with Crippen LogP contribution in [0, 0.1) is 13.8 Å². The number of ether oxygens (including phenoxy) is 1. The highest BCUT2D eigenvalue weighted by molar-refractivity contribution is 7.99. The molecule has 0 N–H and O–H groups in total. The predicted octanol–water partition coefficient (Wildman–Crippen LogP) is 5.69. The van der Waals surface area contributed by atoms with Crippen LogP contribution in [-0.4, -0.2) is 28.2 Å². The molecule has 2 heterocycles. The SMILES string of the molecule is COc1ccc(-c2nc(CSCC(=O)c3cc(C)n(C4CC4)c3C)cs2)cc1. The van der Waals surface area contributed by atoms with Crippen molar-refractivity contribution in [2.45, 2.75) is 38.5 Å². The van der Waals surface area contributed by atoms with Crippen LogP contribution in [0.15, 0.2) is 35.7 Å². The number of Topliss-reactive ketones (excluding diaryl/α,β-unsaturated/α-hetero) is 1. The molecule has 146 valence electrons. The Morgan fingerprint density at radius 2 is 2.04 bits per heavy atom. The van der Waals surface area contributed by atoms with Gasteiger partial charge in [-0.3, -0.25) is 4.79 Å². The van der Waals surface area contributed by atoms with Crippen LogP contribution in [0.2, 0.25) is 0 Å². The number of thiazole rings is 1. The summed E-state index contributed by atoms with van der Waals surface area (Å²) in [6.45, 7) is 4.18. The van der Waals surface area contributed by atoms with Crippen LogP contribution < -0.4 is 4.74 Å². The number of ketones is 1. The Labute approximate surface area is 174 Å². The summed E-state index contributed by atoms with van der Waals surface area (Å²) in [6, 6.07) is 10.6. The fourth-order valence-electron chi connectivity index (χ4n) is 3.52. The van der Waals surface area contributed by atoms with Crippen LogP contribution in [0.1, 0.15) is 46.3 Å². The van der Waals surface area contributed by atoms with E-state index in [-0.39, 0.29) is 5.78 Å². The minimum Gasteiger partial charge on any atom is -0.497 e. The molecule has 1 aromatic carbocycles. The highest BCUT2D eigenvalue weighted by Crippen LogP contribution is 2.38. The number of methoxy groups -OCH3 is 1. The Hall–Kier alpha value is -2.05. The summed E-state index contributed by atoms with van der Waals surface area (Å²) in [5.41, 5.74) is 5.33. The van der Waals surface area contributed by atoms with Gasteiger partial charge in [0.05, 0.1) is 18.6 Å². The summed E-state index contributed by atoms with van der Waals surface area (Å²) >= 11 is 3.27. The number of hydrogen-bond acceptors (Lipinski definition) is 5. The maximum absolute atomic E-state index is 12.7. The van der Waals surface area contributed by atoms with Crippen LogP contribution in [0.5, 0.6) is 5.75 Å². The fraction of sp³-hybridized carbons (Fsp3) is 0.364. The van der Waals surface area contributed by atoms with Gasteiger partial charge < -0.3 is 9.30 Å². The second kappa shape index (κ2) is 8.13. The van der Waals surface area contributed by atoms with Gasteiger partial charge in [0.1, 0.15) is 10.8 Å². The van der Waals surface area contributed by atoms with Crippen LogP contribution in [0.4, 0.5) is 0 Å². The first-order valence-corrected chi connectivity index (χ1v) is 11.5. The Morgan fingerprint density at radius 1 is 1.29 bits per heavy atom. The van der Waals surface area contributed by atoms with Gasteiger partial charge in [-0.1, -0.05) is 0 Å². The van der Waals surface area contributed by atoms with E-state index in [1.807, 2.05) is 24.3 Å². The van der Waals surface area contributed by atoms with Crippen molar-refractivity contribution >= 4 is 28.9 Å². The van der Waals surface area contributed by atoms with Gasteiger partial charge in [-0.2, -0.15) is 0 Å². The van der Waals surface area contributed by atoms with E-state index in [1.54, 1.807) is 30.2 Å². The lowest BCUT2D eigenvalue weighted by Gasteiger charge is -2.07. The molecule has 28 heavy (non-hydrogen) atoms. The maximum Gasteiger partial charge on any atom is 0.174 e. The van der Waals surface area contributed by atoms with E-state index < -0.39 is 0 Å². The van der Waals surface area contributed by atoms with Crippen molar-refractivity contribution in [1.82, 2.24) is 9.55 Å². The van der Waals surface area contributed by atoms with Gasteiger partial charge in [0.15, 0.2) is 5.78 Å². The van der Waals surface area contributed by atoms with Gasteiger partial charge in [0.25, 0.3) is 0 Å². The molecule has 0 atom stereocenters. The van der Waals surface area contributed by atoms with E-state index in [0.717, 1.165) is 39.0 Å². The number of carbonyl (C=O) groups excluding carboxylic acids is 1. The summed E-state index contributed by atoms with van der Waals surface area (Å²) in [4.78, 5) is 17.4. The number of thioether (sulfide) groups is 1. The Balaban J connectivity index is 1.34. The molecule has 0 amide bonds. The number of benzene rings is 1. The highest BCUT2D eigenvalue weighted by atomic mass is 32.2. The molecule has 0 unspecified atom stereocenters. The normalized spacial score (nSPS) is 13.7. The number of aromatic nitrogens is 2. The van der Waals surface area contributed by atoms with Gasteiger partial charge in [-0.05, 0) is 57.0 Å². The first kappa shape index (κ1) is 19.3. The van der Waals surface area contributed by atoms with Gasteiger partial charge >= 0.3 is 0 Å².